The van der Waals surface area contributed by atoms with Gasteiger partial charge in [-0.25, -0.2) is 8.42 Å². The minimum Gasteiger partial charge on any atom is -0.480 e. The summed E-state index contributed by atoms with van der Waals surface area (Å²) in [5.74, 6) is -1.10. The van der Waals surface area contributed by atoms with Crippen molar-refractivity contribution in [1.29, 1.82) is 0 Å². The van der Waals surface area contributed by atoms with Gasteiger partial charge in [0.05, 0.1) is 4.90 Å². The number of carbonyl (C=O) groups is 1. The second-order valence-electron chi connectivity index (χ2n) is 5.62. The summed E-state index contributed by atoms with van der Waals surface area (Å²) >= 11 is 0. The van der Waals surface area contributed by atoms with Gasteiger partial charge in [-0.15, -0.1) is 0 Å². The molecular formula is C16H19NO4S. The first-order chi connectivity index (χ1) is 10.3. The molecule has 0 fully saturated rings. The van der Waals surface area contributed by atoms with Crippen LogP contribution in [0.15, 0.2) is 47.4 Å². The third kappa shape index (κ3) is 3.64. The number of nitrogens with one attached hydrogen (secondary N) is 1. The topological polar surface area (TPSA) is 83.5 Å². The van der Waals surface area contributed by atoms with Gasteiger partial charge in [0.2, 0.25) is 10.0 Å². The largest absolute Gasteiger partial charge is 0.480 e. The molecule has 0 aliphatic carbocycles. The Morgan fingerprint density at radius 2 is 1.77 bits per heavy atom. The minimum absolute atomic E-state index is 0.0660. The van der Waals surface area contributed by atoms with Crippen molar-refractivity contribution in [2.24, 2.45) is 5.92 Å². The van der Waals surface area contributed by atoms with E-state index >= 15 is 0 Å². The molecule has 2 rings (SSSR count). The Balaban J connectivity index is 2.42. The van der Waals surface area contributed by atoms with Gasteiger partial charge >= 0.3 is 5.97 Å². The molecule has 0 aliphatic rings. The maximum absolute atomic E-state index is 12.6. The maximum atomic E-state index is 12.6. The molecule has 2 N–H and O–H groups in total. The van der Waals surface area contributed by atoms with E-state index < -0.39 is 22.0 Å². The summed E-state index contributed by atoms with van der Waals surface area (Å²) in [6.45, 7) is 3.70. The van der Waals surface area contributed by atoms with Crippen molar-refractivity contribution in [2.75, 3.05) is 0 Å². The van der Waals surface area contributed by atoms with Gasteiger partial charge in [0, 0.05) is 5.39 Å². The van der Waals surface area contributed by atoms with E-state index in [0.29, 0.717) is 5.39 Å². The summed E-state index contributed by atoms with van der Waals surface area (Å²) in [4.78, 5) is 11.4. The van der Waals surface area contributed by atoms with Gasteiger partial charge in [-0.1, -0.05) is 50.2 Å². The van der Waals surface area contributed by atoms with Gasteiger partial charge in [0.25, 0.3) is 0 Å². The Morgan fingerprint density at radius 1 is 1.14 bits per heavy atom. The van der Waals surface area contributed by atoms with Crippen molar-refractivity contribution in [2.45, 2.75) is 31.2 Å². The first kappa shape index (κ1) is 16.5. The molecule has 0 saturated carbocycles. The standard InChI is InChI=1S/C16H19NO4S/c1-11(2)10-14(16(18)19)17-22(20,21)15-9-5-7-12-6-3-4-8-13(12)15/h3-9,11,14,17H,10H2,1-2H3,(H,18,19)/t14-/m0/s1. The Kier molecular flexibility index (Phi) is 4.83. The van der Waals surface area contributed by atoms with E-state index in [1.54, 1.807) is 18.2 Å². The lowest BCUT2D eigenvalue weighted by Gasteiger charge is -2.17. The first-order valence-electron chi connectivity index (χ1n) is 7.04. The fourth-order valence-corrected chi connectivity index (χ4v) is 3.78. The summed E-state index contributed by atoms with van der Waals surface area (Å²) in [6.07, 6.45) is 0.235. The molecule has 2 aromatic carbocycles. The van der Waals surface area contributed by atoms with Crippen LogP contribution in [0.1, 0.15) is 20.3 Å². The summed E-state index contributed by atoms with van der Waals surface area (Å²) < 4.78 is 27.4. The number of benzene rings is 2. The molecule has 0 bridgehead atoms. The molecule has 22 heavy (non-hydrogen) atoms. The summed E-state index contributed by atoms with van der Waals surface area (Å²) in [6, 6.07) is 10.9. The third-order valence-corrected chi connectivity index (χ3v) is 4.87. The number of carboxylic acids is 1. The Bertz CT molecular complexity index is 778. The van der Waals surface area contributed by atoms with Crippen LogP contribution in [0.3, 0.4) is 0 Å². The van der Waals surface area contributed by atoms with Crippen molar-refractivity contribution in [1.82, 2.24) is 4.72 Å². The van der Waals surface area contributed by atoms with Gasteiger partial charge < -0.3 is 5.11 Å². The zero-order valence-electron chi connectivity index (χ0n) is 12.5. The van der Waals surface area contributed by atoms with Gasteiger partial charge in [-0.05, 0) is 23.8 Å². The quantitative estimate of drug-likeness (QED) is 0.856. The van der Waals surface area contributed by atoms with E-state index in [0.717, 1.165) is 5.39 Å². The van der Waals surface area contributed by atoms with Crippen LogP contribution < -0.4 is 4.72 Å². The van der Waals surface area contributed by atoms with Crippen molar-refractivity contribution in [3.8, 4) is 0 Å². The molecule has 0 aliphatic heterocycles. The fraction of sp³-hybridized carbons (Fsp3) is 0.312. The fourth-order valence-electron chi connectivity index (χ4n) is 2.35. The molecule has 0 heterocycles. The number of aliphatic carboxylic acids is 1. The van der Waals surface area contributed by atoms with Gasteiger partial charge in [-0.3, -0.25) is 4.79 Å². The molecule has 1 atom stereocenters. The van der Waals surface area contributed by atoms with Crippen LogP contribution >= 0.6 is 0 Å². The number of hydrogen-bond acceptors (Lipinski definition) is 3. The predicted molar refractivity (Wildman–Crippen MR) is 85.1 cm³/mol. The second kappa shape index (κ2) is 6.46. The van der Waals surface area contributed by atoms with Crippen molar-refractivity contribution in [3.63, 3.8) is 0 Å². The lowest BCUT2D eigenvalue weighted by Crippen LogP contribution is -2.41. The molecule has 0 aromatic heterocycles. The Labute approximate surface area is 130 Å². The summed E-state index contributed by atoms with van der Waals surface area (Å²) in [5.41, 5.74) is 0. The number of hydrogen-bond donors (Lipinski definition) is 2. The van der Waals surface area contributed by atoms with Crippen LogP contribution in [0, 0.1) is 5.92 Å². The van der Waals surface area contributed by atoms with E-state index in [9.17, 15) is 18.3 Å². The van der Waals surface area contributed by atoms with E-state index in [2.05, 4.69) is 4.72 Å². The lowest BCUT2D eigenvalue weighted by molar-refractivity contribution is -0.139. The molecule has 0 radical (unpaired) electrons. The zero-order chi connectivity index (χ0) is 16.3. The highest BCUT2D eigenvalue weighted by atomic mass is 32.2. The SMILES string of the molecule is CC(C)C[C@H](NS(=O)(=O)c1cccc2ccccc12)C(=O)O. The van der Waals surface area contributed by atoms with Gasteiger partial charge in [-0.2, -0.15) is 4.72 Å². The second-order valence-corrected chi connectivity index (χ2v) is 7.30. The maximum Gasteiger partial charge on any atom is 0.321 e. The normalized spacial score (nSPS) is 13.4. The van der Waals surface area contributed by atoms with Crippen molar-refractivity contribution in [3.05, 3.63) is 42.5 Å². The van der Waals surface area contributed by atoms with Crippen LogP contribution in [-0.4, -0.2) is 25.5 Å². The van der Waals surface area contributed by atoms with Crippen LogP contribution in [0.25, 0.3) is 10.8 Å². The molecule has 0 spiro atoms. The van der Waals surface area contributed by atoms with E-state index in [1.165, 1.54) is 6.07 Å². The zero-order valence-corrected chi connectivity index (χ0v) is 13.3. The molecule has 0 amide bonds. The van der Waals surface area contributed by atoms with Crippen LogP contribution in [0.5, 0.6) is 0 Å². The Hall–Kier alpha value is -1.92. The van der Waals surface area contributed by atoms with E-state index in [4.69, 9.17) is 0 Å². The molecular weight excluding hydrogens is 302 g/mol. The molecule has 5 nitrogen and oxygen atoms in total. The number of sulfonamides is 1. The number of rotatable bonds is 6. The number of fused-ring (bicyclic) bond motifs is 1. The summed E-state index contributed by atoms with van der Waals surface area (Å²) in [5, 5.41) is 10.6. The highest BCUT2D eigenvalue weighted by Crippen LogP contribution is 2.23. The van der Waals surface area contributed by atoms with Gasteiger partial charge in [0.15, 0.2) is 0 Å². The molecule has 0 saturated heterocycles. The monoisotopic (exact) mass is 321 g/mol. The van der Waals surface area contributed by atoms with Gasteiger partial charge in [0.1, 0.15) is 6.04 Å². The highest BCUT2D eigenvalue weighted by Gasteiger charge is 2.27. The van der Waals surface area contributed by atoms with Crippen molar-refractivity contribution >= 4 is 26.8 Å². The lowest BCUT2D eigenvalue weighted by atomic mass is 10.1. The predicted octanol–water partition coefficient (Wildman–Crippen LogP) is 2.62. The molecule has 0 unspecified atom stereocenters. The van der Waals surface area contributed by atoms with Crippen LogP contribution in [0.2, 0.25) is 0 Å². The van der Waals surface area contributed by atoms with Crippen molar-refractivity contribution < 1.29 is 18.3 Å². The van der Waals surface area contributed by atoms with Crippen LogP contribution in [0.4, 0.5) is 0 Å². The molecule has 6 heteroatoms. The highest BCUT2D eigenvalue weighted by molar-refractivity contribution is 7.89. The first-order valence-corrected chi connectivity index (χ1v) is 8.52. The molecule has 2 aromatic rings. The minimum atomic E-state index is -3.91. The average Bonchev–Trinajstić information content (AvgIpc) is 2.45. The van der Waals surface area contributed by atoms with E-state index in [-0.39, 0.29) is 17.2 Å². The smallest absolute Gasteiger partial charge is 0.321 e. The number of carboxylic acid groups (broad SMARTS) is 1. The van der Waals surface area contributed by atoms with E-state index in [1.807, 2.05) is 32.0 Å². The van der Waals surface area contributed by atoms with Crippen LogP contribution in [-0.2, 0) is 14.8 Å². The third-order valence-electron chi connectivity index (χ3n) is 3.34. The Morgan fingerprint density at radius 3 is 2.41 bits per heavy atom. The summed E-state index contributed by atoms with van der Waals surface area (Å²) in [7, 11) is -3.91. The molecule has 118 valence electrons. The average molecular weight is 321 g/mol.